The van der Waals surface area contributed by atoms with Crippen LogP contribution in [0.25, 0.3) is 11.4 Å². The number of benzene rings is 1. The number of carbonyl (C=O) groups excluding carboxylic acids is 2. The van der Waals surface area contributed by atoms with Gasteiger partial charge < -0.3 is 20.1 Å². The fraction of sp³-hybridized carbons (Fsp3) is 0.500. The number of nitrogens with zero attached hydrogens (tertiary/aromatic N) is 3. The first-order valence-electron chi connectivity index (χ1n) is 10.2. The minimum Gasteiger partial charge on any atom is -0.357 e. The quantitative estimate of drug-likeness (QED) is 0.780. The Morgan fingerprint density at radius 3 is 2.53 bits per heavy atom. The molecule has 8 heteroatoms. The van der Waals surface area contributed by atoms with Crippen LogP contribution >= 0.6 is 11.6 Å². The van der Waals surface area contributed by atoms with Crippen LogP contribution in [0.15, 0.2) is 24.3 Å². The third kappa shape index (κ3) is 4.52. The molecule has 2 heterocycles. The number of carbonyl (C=O) groups is 2. The highest BCUT2D eigenvalue weighted by molar-refractivity contribution is 6.33. The van der Waals surface area contributed by atoms with Gasteiger partial charge in [-0.25, -0.2) is 4.98 Å². The Balaban J connectivity index is 2.07. The van der Waals surface area contributed by atoms with Gasteiger partial charge in [-0.3, -0.25) is 9.59 Å². The van der Waals surface area contributed by atoms with Gasteiger partial charge in [0.25, 0.3) is 5.91 Å². The SMILES string of the molecule is CNC(=O)C(NC(=O)c1nc(-c2ccccc2Cl)n2c1CN(C)CCC2)C(C)(C)C. The molecule has 1 aromatic heterocycles. The molecule has 0 fully saturated rings. The minimum absolute atomic E-state index is 0.232. The molecule has 3 rings (SSSR count). The van der Waals surface area contributed by atoms with Gasteiger partial charge in [-0.05, 0) is 37.6 Å². The topological polar surface area (TPSA) is 79.3 Å². The highest BCUT2D eigenvalue weighted by atomic mass is 35.5. The normalized spacial score (nSPS) is 15.8. The third-order valence-corrected chi connectivity index (χ3v) is 5.72. The lowest BCUT2D eigenvalue weighted by atomic mass is 9.86. The zero-order chi connectivity index (χ0) is 22.1. The molecule has 0 radical (unpaired) electrons. The molecule has 2 aromatic rings. The lowest BCUT2D eigenvalue weighted by Crippen LogP contribution is -2.53. The monoisotopic (exact) mass is 431 g/mol. The van der Waals surface area contributed by atoms with Gasteiger partial charge in [0, 0.05) is 25.7 Å². The van der Waals surface area contributed by atoms with E-state index in [0.717, 1.165) is 30.8 Å². The van der Waals surface area contributed by atoms with Crippen molar-refractivity contribution in [2.75, 3.05) is 20.6 Å². The Morgan fingerprint density at radius 1 is 1.20 bits per heavy atom. The van der Waals surface area contributed by atoms with E-state index in [0.29, 0.717) is 23.1 Å². The molecular formula is C22H30ClN5O2. The van der Waals surface area contributed by atoms with Crippen molar-refractivity contribution in [3.05, 3.63) is 40.7 Å². The smallest absolute Gasteiger partial charge is 0.272 e. The van der Waals surface area contributed by atoms with Crippen LogP contribution in [0.4, 0.5) is 0 Å². The molecule has 1 aliphatic rings. The summed E-state index contributed by atoms with van der Waals surface area (Å²) >= 11 is 6.45. The first-order chi connectivity index (χ1) is 14.1. The van der Waals surface area contributed by atoms with Gasteiger partial charge in [-0.15, -0.1) is 0 Å². The zero-order valence-corrected chi connectivity index (χ0v) is 19.0. The minimum atomic E-state index is -0.681. The van der Waals surface area contributed by atoms with E-state index in [4.69, 9.17) is 16.6 Å². The van der Waals surface area contributed by atoms with Crippen molar-refractivity contribution in [2.24, 2.45) is 5.41 Å². The maximum absolute atomic E-state index is 13.3. The van der Waals surface area contributed by atoms with Gasteiger partial charge in [-0.2, -0.15) is 0 Å². The summed E-state index contributed by atoms with van der Waals surface area (Å²) in [6.45, 7) is 8.03. The predicted molar refractivity (Wildman–Crippen MR) is 118 cm³/mol. The third-order valence-electron chi connectivity index (χ3n) is 5.39. The molecular weight excluding hydrogens is 402 g/mol. The Morgan fingerprint density at radius 2 is 1.90 bits per heavy atom. The molecule has 0 saturated heterocycles. The number of halogens is 1. The molecule has 0 bridgehead atoms. The second-order valence-corrected chi connectivity index (χ2v) is 9.25. The number of fused-ring (bicyclic) bond motifs is 1. The lowest BCUT2D eigenvalue weighted by Gasteiger charge is -2.29. The van der Waals surface area contributed by atoms with E-state index >= 15 is 0 Å². The number of hydrogen-bond donors (Lipinski definition) is 2. The highest BCUT2D eigenvalue weighted by Gasteiger charge is 2.34. The molecule has 30 heavy (non-hydrogen) atoms. The molecule has 7 nitrogen and oxygen atoms in total. The maximum atomic E-state index is 13.3. The van der Waals surface area contributed by atoms with E-state index < -0.39 is 11.5 Å². The number of aromatic nitrogens is 2. The standard InChI is InChI=1S/C22H30ClN5O2/c1-22(2,3)18(21(30)24-4)26-20(29)17-16-13-27(5)11-8-12-28(16)19(25-17)14-9-6-7-10-15(14)23/h6-7,9-10,18H,8,11-13H2,1-5H3,(H,24,30)(H,26,29). The molecule has 1 aromatic carbocycles. The Kier molecular flexibility index (Phi) is 6.53. The van der Waals surface area contributed by atoms with Crippen molar-refractivity contribution in [2.45, 2.75) is 46.3 Å². The van der Waals surface area contributed by atoms with E-state index in [9.17, 15) is 9.59 Å². The highest BCUT2D eigenvalue weighted by Crippen LogP contribution is 2.31. The Hall–Kier alpha value is -2.38. The molecule has 1 unspecified atom stereocenters. The van der Waals surface area contributed by atoms with E-state index in [1.807, 2.05) is 52.1 Å². The van der Waals surface area contributed by atoms with Crippen LogP contribution in [0.1, 0.15) is 43.4 Å². The largest absolute Gasteiger partial charge is 0.357 e. The van der Waals surface area contributed by atoms with Crippen LogP contribution in [0.5, 0.6) is 0 Å². The van der Waals surface area contributed by atoms with Gasteiger partial charge in [-0.1, -0.05) is 44.5 Å². The summed E-state index contributed by atoms with van der Waals surface area (Å²) in [4.78, 5) is 32.6. The summed E-state index contributed by atoms with van der Waals surface area (Å²) < 4.78 is 2.09. The lowest BCUT2D eigenvalue weighted by molar-refractivity contribution is -0.124. The second kappa shape index (κ2) is 8.78. The van der Waals surface area contributed by atoms with Crippen LogP contribution in [0, 0.1) is 5.41 Å². The van der Waals surface area contributed by atoms with Gasteiger partial charge >= 0.3 is 0 Å². The predicted octanol–water partition coefficient (Wildman–Crippen LogP) is 2.93. The van der Waals surface area contributed by atoms with Crippen molar-refractivity contribution < 1.29 is 9.59 Å². The molecule has 1 aliphatic heterocycles. The summed E-state index contributed by atoms with van der Waals surface area (Å²) in [7, 11) is 3.60. The van der Waals surface area contributed by atoms with E-state index in [1.165, 1.54) is 0 Å². The summed E-state index contributed by atoms with van der Waals surface area (Å²) in [5.41, 5.74) is 1.53. The summed E-state index contributed by atoms with van der Waals surface area (Å²) in [6, 6.07) is 6.84. The van der Waals surface area contributed by atoms with Gasteiger partial charge in [0.05, 0.1) is 10.7 Å². The van der Waals surface area contributed by atoms with Crippen LogP contribution in [0.2, 0.25) is 5.02 Å². The first kappa shape index (κ1) is 22.3. The number of hydrogen-bond acceptors (Lipinski definition) is 4. The fourth-order valence-corrected chi connectivity index (χ4v) is 3.99. The van der Waals surface area contributed by atoms with Gasteiger partial charge in [0.1, 0.15) is 11.9 Å². The van der Waals surface area contributed by atoms with Crippen molar-refractivity contribution in [3.63, 3.8) is 0 Å². The van der Waals surface area contributed by atoms with E-state index in [-0.39, 0.29) is 11.8 Å². The summed E-state index contributed by atoms with van der Waals surface area (Å²) in [6.07, 6.45) is 0.946. The maximum Gasteiger partial charge on any atom is 0.272 e. The van der Waals surface area contributed by atoms with Crippen LogP contribution < -0.4 is 10.6 Å². The molecule has 1 atom stereocenters. The fourth-order valence-electron chi connectivity index (χ4n) is 3.77. The Labute approximate surface area is 182 Å². The molecule has 0 spiro atoms. The molecule has 0 saturated carbocycles. The molecule has 2 amide bonds. The molecule has 0 aliphatic carbocycles. The summed E-state index contributed by atoms with van der Waals surface area (Å²) in [5, 5.41) is 6.14. The van der Waals surface area contributed by atoms with E-state index in [1.54, 1.807) is 7.05 Å². The van der Waals surface area contributed by atoms with Crippen molar-refractivity contribution in [1.82, 2.24) is 25.1 Å². The number of rotatable bonds is 4. The number of amides is 2. The first-order valence-corrected chi connectivity index (χ1v) is 10.6. The van der Waals surface area contributed by atoms with Crippen molar-refractivity contribution in [3.8, 4) is 11.4 Å². The van der Waals surface area contributed by atoms with Crippen molar-refractivity contribution in [1.29, 1.82) is 0 Å². The van der Waals surface area contributed by atoms with Crippen LogP contribution in [-0.4, -0.2) is 52.9 Å². The number of imidazole rings is 1. The summed E-state index contributed by atoms with van der Waals surface area (Å²) in [5.74, 6) is 0.101. The Bertz CT molecular complexity index is 947. The van der Waals surface area contributed by atoms with Crippen LogP contribution in [0.3, 0.4) is 0 Å². The zero-order valence-electron chi connectivity index (χ0n) is 18.3. The second-order valence-electron chi connectivity index (χ2n) is 8.84. The molecule has 2 N–H and O–H groups in total. The average molecular weight is 432 g/mol. The average Bonchev–Trinajstić information content (AvgIpc) is 2.91. The van der Waals surface area contributed by atoms with Crippen molar-refractivity contribution >= 4 is 23.4 Å². The number of nitrogens with one attached hydrogen (secondary N) is 2. The van der Waals surface area contributed by atoms with Crippen LogP contribution in [-0.2, 0) is 17.9 Å². The molecule has 162 valence electrons. The van der Waals surface area contributed by atoms with Gasteiger partial charge in [0.15, 0.2) is 5.69 Å². The van der Waals surface area contributed by atoms with Gasteiger partial charge in [0.2, 0.25) is 5.91 Å². The number of likely N-dealkylation sites (N-methyl/N-ethyl adjacent to an activating group) is 1. The van der Waals surface area contributed by atoms with E-state index in [2.05, 4.69) is 20.1 Å².